The van der Waals surface area contributed by atoms with E-state index in [1.807, 2.05) is 32.0 Å². The minimum Gasteiger partial charge on any atom is -0.497 e. The average Bonchev–Trinajstić information content (AvgIpc) is 2.65. The highest BCUT2D eigenvalue weighted by Gasteiger charge is 2.20. The molecule has 0 aliphatic carbocycles. The molecule has 152 valence electrons. The van der Waals surface area contributed by atoms with Crippen LogP contribution >= 0.6 is 0 Å². The van der Waals surface area contributed by atoms with Crippen molar-refractivity contribution in [3.63, 3.8) is 0 Å². The molecule has 0 bridgehead atoms. The molecule has 0 fully saturated rings. The van der Waals surface area contributed by atoms with Gasteiger partial charge in [-0.2, -0.15) is 0 Å². The Morgan fingerprint density at radius 1 is 1.11 bits per heavy atom. The van der Waals surface area contributed by atoms with E-state index in [-0.39, 0.29) is 19.7 Å². The van der Waals surface area contributed by atoms with Crippen molar-refractivity contribution < 1.29 is 22.7 Å². The van der Waals surface area contributed by atoms with E-state index in [0.29, 0.717) is 11.4 Å². The predicted octanol–water partition coefficient (Wildman–Crippen LogP) is 2.27. The van der Waals surface area contributed by atoms with E-state index >= 15 is 0 Å². The summed E-state index contributed by atoms with van der Waals surface area (Å²) in [5, 5.41) is 2.69. The highest BCUT2D eigenvalue weighted by Crippen LogP contribution is 2.21. The standard InChI is InChI=1S/C20H26N2O5S/c1-15-5-6-16(2)19(13-15)27-12-11-21-20(23)14-22(28(4,24)25)17-7-9-18(26-3)10-8-17/h5-10,13H,11-12,14H2,1-4H3,(H,21,23). The van der Waals surface area contributed by atoms with Gasteiger partial charge in [-0.25, -0.2) is 8.42 Å². The largest absolute Gasteiger partial charge is 0.497 e. The van der Waals surface area contributed by atoms with E-state index in [4.69, 9.17) is 9.47 Å². The molecule has 0 spiro atoms. The third-order valence-electron chi connectivity index (χ3n) is 4.07. The third kappa shape index (κ3) is 6.16. The molecule has 0 saturated heterocycles. The van der Waals surface area contributed by atoms with Gasteiger partial charge in [-0.15, -0.1) is 0 Å². The molecule has 0 aromatic heterocycles. The first-order chi connectivity index (χ1) is 13.2. The Labute approximate surface area is 166 Å². The van der Waals surface area contributed by atoms with Crippen molar-refractivity contribution in [1.29, 1.82) is 0 Å². The molecular formula is C20H26N2O5S. The van der Waals surface area contributed by atoms with E-state index in [1.165, 1.54) is 7.11 Å². The van der Waals surface area contributed by atoms with E-state index in [9.17, 15) is 13.2 Å². The number of nitrogens with zero attached hydrogens (tertiary/aromatic N) is 1. The monoisotopic (exact) mass is 406 g/mol. The second kappa shape index (κ2) is 9.45. The second-order valence-electron chi connectivity index (χ2n) is 6.44. The van der Waals surface area contributed by atoms with Gasteiger partial charge in [0.05, 0.1) is 25.6 Å². The molecule has 0 radical (unpaired) electrons. The van der Waals surface area contributed by atoms with Crippen LogP contribution in [0.3, 0.4) is 0 Å². The molecule has 1 amide bonds. The van der Waals surface area contributed by atoms with Crippen LogP contribution in [0.1, 0.15) is 11.1 Å². The number of nitrogens with one attached hydrogen (secondary N) is 1. The molecule has 0 heterocycles. The Morgan fingerprint density at radius 3 is 2.39 bits per heavy atom. The topological polar surface area (TPSA) is 84.9 Å². The van der Waals surface area contributed by atoms with Crippen LogP contribution in [-0.4, -0.2) is 47.4 Å². The van der Waals surface area contributed by atoms with Crippen molar-refractivity contribution in [3.05, 3.63) is 53.6 Å². The minimum absolute atomic E-state index is 0.270. The molecule has 0 saturated carbocycles. The van der Waals surface area contributed by atoms with Crippen molar-refractivity contribution in [1.82, 2.24) is 5.32 Å². The number of hydrogen-bond donors (Lipinski definition) is 1. The van der Waals surface area contributed by atoms with Crippen LogP contribution in [0, 0.1) is 13.8 Å². The number of anilines is 1. The van der Waals surface area contributed by atoms with E-state index in [2.05, 4.69) is 5.32 Å². The van der Waals surface area contributed by atoms with Gasteiger partial charge in [0.1, 0.15) is 24.7 Å². The first-order valence-electron chi connectivity index (χ1n) is 8.79. The lowest BCUT2D eigenvalue weighted by atomic mass is 10.1. The molecule has 28 heavy (non-hydrogen) atoms. The van der Waals surface area contributed by atoms with Crippen LogP contribution in [-0.2, 0) is 14.8 Å². The lowest BCUT2D eigenvalue weighted by molar-refractivity contribution is -0.119. The fourth-order valence-electron chi connectivity index (χ4n) is 2.55. The summed E-state index contributed by atoms with van der Waals surface area (Å²) in [7, 11) is -2.09. The van der Waals surface area contributed by atoms with Crippen molar-refractivity contribution >= 4 is 21.6 Å². The highest BCUT2D eigenvalue weighted by atomic mass is 32.2. The summed E-state index contributed by atoms with van der Waals surface area (Å²) in [6.45, 7) is 4.18. The molecule has 0 aliphatic heterocycles. The molecule has 0 aliphatic rings. The fourth-order valence-corrected chi connectivity index (χ4v) is 3.41. The number of carbonyl (C=O) groups is 1. The van der Waals surface area contributed by atoms with Gasteiger partial charge in [-0.05, 0) is 55.3 Å². The molecule has 2 aromatic carbocycles. The Balaban J connectivity index is 1.92. The summed E-state index contributed by atoms with van der Waals surface area (Å²) >= 11 is 0. The molecular weight excluding hydrogens is 380 g/mol. The summed E-state index contributed by atoms with van der Waals surface area (Å²) in [5.74, 6) is 0.960. The van der Waals surface area contributed by atoms with Gasteiger partial charge in [-0.3, -0.25) is 9.10 Å². The lowest BCUT2D eigenvalue weighted by Crippen LogP contribution is -2.41. The predicted molar refractivity (Wildman–Crippen MR) is 110 cm³/mol. The van der Waals surface area contributed by atoms with E-state index < -0.39 is 15.9 Å². The second-order valence-corrected chi connectivity index (χ2v) is 8.34. The number of methoxy groups -OCH3 is 1. The summed E-state index contributed by atoms with van der Waals surface area (Å²) in [5.41, 5.74) is 2.50. The number of rotatable bonds is 9. The maximum atomic E-state index is 12.2. The Bertz CT molecular complexity index is 911. The number of amides is 1. The number of aryl methyl sites for hydroxylation is 2. The molecule has 0 unspecified atom stereocenters. The Hall–Kier alpha value is -2.74. The van der Waals surface area contributed by atoms with Gasteiger partial charge >= 0.3 is 0 Å². The van der Waals surface area contributed by atoms with Crippen LogP contribution < -0.4 is 19.1 Å². The number of ether oxygens (including phenoxy) is 2. The van der Waals surface area contributed by atoms with Gasteiger partial charge in [0.2, 0.25) is 15.9 Å². The van der Waals surface area contributed by atoms with Gasteiger partial charge in [0, 0.05) is 0 Å². The number of benzene rings is 2. The van der Waals surface area contributed by atoms with Crippen LogP contribution in [0.5, 0.6) is 11.5 Å². The maximum Gasteiger partial charge on any atom is 0.240 e. The highest BCUT2D eigenvalue weighted by molar-refractivity contribution is 7.92. The zero-order valence-electron chi connectivity index (χ0n) is 16.6. The van der Waals surface area contributed by atoms with Gasteiger partial charge in [-0.1, -0.05) is 12.1 Å². The normalized spacial score (nSPS) is 11.0. The number of sulfonamides is 1. The third-order valence-corrected chi connectivity index (χ3v) is 5.21. The van der Waals surface area contributed by atoms with Crippen molar-refractivity contribution in [2.75, 3.05) is 37.4 Å². The molecule has 0 atom stereocenters. The van der Waals surface area contributed by atoms with Crippen LogP contribution in [0.15, 0.2) is 42.5 Å². The van der Waals surface area contributed by atoms with Crippen LogP contribution in [0.4, 0.5) is 5.69 Å². The molecule has 1 N–H and O–H groups in total. The average molecular weight is 407 g/mol. The zero-order valence-corrected chi connectivity index (χ0v) is 17.4. The number of hydrogen-bond acceptors (Lipinski definition) is 5. The molecule has 7 nitrogen and oxygen atoms in total. The smallest absolute Gasteiger partial charge is 0.240 e. The lowest BCUT2D eigenvalue weighted by Gasteiger charge is -2.22. The zero-order chi connectivity index (χ0) is 20.7. The van der Waals surface area contributed by atoms with E-state index in [0.717, 1.165) is 27.4 Å². The number of carbonyl (C=O) groups excluding carboxylic acids is 1. The van der Waals surface area contributed by atoms with Gasteiger partial charge in [0.25, 0.3) is 0 Å². The first kappa shape index (κ1) is 21.6. The van der Waals surface area contributed by atoms with Crippen molar-refractivity contribution in [2.24, 2.45) is 0 Å². The summed E-state index contributed by atoms with van der Waals surface area (Å²) in [6, 6.07) is 12.4. The maximum absolute atomic E-state index is 12.2. The van der Waals surface area contributed by atoms with Gasteiger partial charge < -0.3 is 14.8 Å². The van der Waals surface area contributed by atoms with E-state index in [1.54, 1.807) is 24.3 Å². The van der Waals surface area contributed by atoms with Gasteiger partial charge in [0.15, 0.2) is 0 Å². The molecule has 2 aromatic rings. The summed E-state index contributed by atoms with van der Waals surface area (Å²) in [6.07, 6.45) is 1.06. The molecule has 8 heteroatoms. The quantitative estimate of drug-likeness (QED) is 0.646. The summed E-state index contributed by atoms with van der Waals surface area (Å²) in [4.78, 5) is 12.2. The first-order valence-corrected chi connectivity index (χ1v) is 10.6. The summed E-state index contributed by atoms with van der Waals surface area (Å²) < 4.78 is 36.0. The SMILES string of the molecule is COc1ccc(N(CC(=O)NCCOc2cc(C)ccc2C)S(C)(=O)=O)cc1. The Morgan fingerprint density at radius 2 is 1.79 bits per heavy atom. The fraction of sp³-hybridized carbons (Fsp3) is 0.350. The van der Waals surface area contributed by atoms with Crippen LogP contribution in [0.2, 0.25) is 0 Å². The van der Waals surface area contributed by atoms with Crippen LogP contribution in [0.25, 0.3) is 0 Å². The minimum atomic E-state index is -3.62. The van der Waals surface area contributed by atoms with Crippen molar-refractivity contribution in [3.8, 4) is 11.5 Å². The molecule has 2 rings (SSSR count). The Kier molecular flexibility index (Phi) is 7.28. The van der Waals surface area contributed by atoms with Crippen molar-refractivity contribution in [2.45, 2.75) is 13.8 Å².